The molecule has 0 amide bonds. The maximum Gasteiger partial charge on any atom is 0.335 e. The van der Waals surface area contributed by atoms with Gasteiger partial charge in [-0.2, -0.15) is 0 Å². The highest BCUT2D eigenvalue weighted by Crippen LogP contribution is 2.24. The summed E-state index contributed by atoms with van der Waals surface area (Å²) in [7, 11) is 0. The zero-order valence-corrected chi connectivity index (χ0v) is 10.7. The summed E-state index contributed by atoms with van der Waals surface area (Å²) in [4.78, 5) is 15.4. The molecule has 0 radical (unpaired) electrons. The van der Waals surface area contributed by atoms with E-state index in [2.05, 4.69) is 18.8 Å². The monoisotopic (exact) mass is 239 g/mol. The highest BCUT2D eigenvalue weighted by molar-refractivity contribution is 7.99. The number of carbonyl (C=O) groups is 1. The lowest BCUT2D eigenvalue weighted by Gasteiger charge is -2.09. The maximum absolute atomic E-state index is 10.9. The third-order valence-electron chi connectivity index (χ3n) is 2.36. The van der Waals surface area contributed by atoms with Gasteiger partial charge in [-0.3, -0.25) is 0 Å². The molecule has 1 aromatic heterocycles. The summed E-state index contributed by atoms with van der Waals surface area (Å²) < 4.78 is 0. The van der Waals surface area contributed by atoms with Crippen molar-refractivity contribution in [3.8, 4) is 0 Å². The Kier molecular flexibility index (Phi) is 4.80. The van der Waals surface area contributed by atoms with Gasteiger partial charge in [-0.1, -0.05) is 20.8 Å². The molecule has 16 heavy (non-hydrogen) atoms. The fraction of sp³-hybridized carbons (Fsp3) is 0.500. The van der Waals surface area contributed by atoms with Crippen LogP contribution in [-0.2, 0) is 6.42 Å². The summed E-state index contributed by atoms with van der Waals surface area (Å²) in [6, 6.07) is 3.29. The summed E-state index contributed by atoms with van der Waals surface area (Å²) in [5, 5.41) is 10.3. The van der Waals surface area contributed by atoms with Gasteiger partial charge in [0.05, 0.1) is 10.6 Å². The molecule has 0 spiro atoms. The van der Waals surface area contributed by atoms with Crippen molar-refractivity contribution in [2.45, 2.75) is 43.9 Å². The Balaban J connectivity index is 2.99. The minimum Gasteiger partial charge on any atom is -0.478 e. The van der Waals surface area contributed by atoms with Crippen LogP contribution in [0.15, 0.2) is 17.2 Å². The van der Waals surface area contributed by atoms with Crippen molar-refractivity contribution in [3.63, 3.8) is 0 Å². The van der Waals surface area contributed by atoms with Crippen LogP contribution in [0.25, 0.3) is 0 Å². The lowest BCUT2D eigenvalue weighted by atomic mass is 10.2. The third kappa shape index (κ3) is 3.52. The first kappa shape index (κ1) is 13.0. The number of carboxylic acids is 1. The molecule has 0 bridgehead atoms. The minimum atomic E-state index is -0.886. The summed E-state index contributed by atoms with van der Waals surface area (Å²) in [6.07, 6.45) is 1.81. The third-order valence-corrected chi connectivity index (χ3v) is 3.55. The van der Waals surface area contributed by atoms with Gasteiger partial charge in [0.15, 0.2) is 0 Å². The first-order valence-corrected chi connectivity index (χ1v) is 6.35. The van der Waals surface area contributed by atoms with Crippen LogP contribution in [0.3, 0.4) is 0 Å². The molecule has 4 heteroatoms. The molecule has 0 saturated carbocycles. The van der Waals surface area contributed by atoms with Crippen LogP contribution in [0.5, 0.6) is 0 Å². The summed E-state index contributed by atoms with van der Waals surface area (Å²) in [5.74, 6) is -0.886. The summed E-state index contributed by atoms with van der Waals surface area (Å²) in [5.41, 5.74) is 1.17. The van der Waals surface area contributed by atoms with Gasteiger partial charge in [0, 0.05) is 10.9 Å². The molecule has 1 N–H and O–H groups in total. The molecule has 1 unspecified atom stereocenters. The number of rotatable bonds is 5. The summed E-state index contributed by atoms with van der Waals surface area (Å²) >= 11 is 1.63. The molecule has 0 aromatic carbocycles. The van der Waals surface area contributed by atoms with E-state index in [0.717, 1.165) is 23.6 Å². The Morgan fingerprint density at radius 2 is 2.19 bits per heavy atom. The van der Waals surface area contributed by atoms with E-state index >= 15 is 0 Å². The number of aromatic nitrogens is 1. The number of carboxylic acid groups (broad SMARTS) is 1. The molecular formula is C12H17NO2S. The van der Waals surface area contributed by atoms with E-state index in [9.17, 15) is 4.79 Å². The lowest BCUT2D eigenvalue weighted by Crippen LogP contribution is -2.02. The molecule has 1 heterocycles. The fourth-order valence-electron chi connectivity index (χ4n) is 1.21. The molecule has 1 rings (SSSR count). The molecule has 88 valence electrons. The van der Waals surface area contributed by atoms with Crippen LogP contribution in [0.1, 0.15) is 43.2 Å². The van der Waals surface area contributed by atoms with E-state index in [1.54, 1.807) is 23.9 Å². The Bertz CT molecular complexity index is 379. The van der Waals surface area contributed by atoms with Crippen LogP contribution in [0.2, 0.25) is 0 Å². The molecule has 1 atom stereocenters. The summed E-state index contributed by atoms with van der Waals surface area (Å²) in [6.45, 7) is 6.20. The normalized spacial score (nSPS) is 12.4. The fourth-order valence-corrected chi connectivity index (χ4v) is 2.16. The number of thioether (sulfide) groups is 1. The second kappa shape index (κ2) is 5.89. The number of nitrogens with zero attached hydrogens (tertiary/aromatic N) is 1. The van der Waals surface area contributed by atoms with E-state index in [4.69, 9.17) is 5.11 Å². The van der Waals surface area contributed by atoms with Gasteiger partial charge < -0.3 is 5.11 Å². The van der Waals surface area contributed by atoms with Crippen molar-refractivity contribution < 1.29 is 9.90 Å². The Morgan fingerprint density at radius 3 is 2.69 bits per heavy atom. The van der Waals surface area contributed by atoms with Crippen LogP contribution < -0.4 is 0 Å². The van der Waals surface area contributed by atoms with E-state index in [-0.39, 0.29) is 0 Å². The molecule has 0 fully saturated rings. The zero-order chi connectivity index (χ0) is 12.1. The van der Waals surface area contributed by atoms with Crippen molar-refractivity contribution in [3.05, 3.63) is 23.4 Å². The highest BCUT2D eigenvalue weighted by atomic mass is 32.2. The van der Waals surface area contributed by atoms with Gasteiger partial charge in [0.25, 0.3) is 0 Å². The second-order valence-electron chi connectivity index (χ2n) is 3.68. The lowest BCUT2D eigenvalue weighted by molar-refractivity contribution is 0.0696. The van der Waals surface area contributed by atoms with Gasteiger partial charge in [-0.15, -0.1) is 11.8 Å². The standard InChI is InChI=1S/C12H17NO2S/c1-4-8(3)16-11-7-9(12(14)15)6-10(5-2)13-11/h6-8H,4-5H2,1-3H3,(H,14,15). The Hall–Kier alpha value is -1.03. The van der Waals surface area contributed by atoms with Crippen molar-refractivity contribution >= 4 is 17.7 Å². The molecule has 1 aromatic rings. The van der Waals surface area contributed by atoms with Gasteiger partial charge in [0.2, 0.25) is 0 Å². The Labute approximate surface area is 100 Å². The minimum absolute atomic E-state index is 0.331. The number of aryl methyl sites for hydroxylation is 1. The average Bonchev–Trinajstić information content (AvgIpc) is 2.28. The highest BCUT2D eigenvalue weighted by Gasteiger charge is 2.10. The average molecular weight is 239 g/mol. The molecule has 0 saturated heterocycles. The largest absolute Gasteiger partial charge is 0.478 e. The first-order chi connectivity index (χ1) is 7.56. The number of pyridine rings is 1. The number of hydrogen-bond acceptors (Lipinski definition) is 3. The first-order valence-electron chi connectivity index (χ1n) is 5.47. The smallest absolute Gasteiger partial charge is 0.335 e. The van der Waals surface area contributed by atoms with Crippen molar-refractivity contribution in [2.24, 2.45) is 0 Å². The molecule has 3 nitrogen and oxygen atoms in total. The molecule has 0 aliphatic heterocycles. The van der Waals surface area contributed by atoms with Crippen molar-refractivity contribution in [1.82, 2.24) is 4.98 Å². The van der Waals surface area contributed by atoms with Gasteiger partial charge >= 0.3 is 5.97 Å². The maximum atomic E-state index is 10.9. The zero-order valence-electron chi connectivity index (χ0n) is 9.86. The SMILES string of the molecule is CCc1cc(C(=O)O)cc(SC(C)CC)n1. The molecular weight excluding hydrogens is 222 g/mol. The second-order valence-corrected chi connectivity index (χ2v) is 5.14. The van der Waals surface area contributed by atoms with E-state index < -0.39 is 5.97 Å². The van der Waals surface area contributed by atoms with Crippen LogP contribution in [0.4, 0.5) is 0 Å². The van der Waals surface area contributed by atoms with Crippen molar-refractivity contribution in [2.75, 3.05) is 0 Å². The topological polar surface area (TPSA) is 50.2 Å². The number of aromatic carboxylic acids is 1. The van der Waals surface area contributed by atoms with E-state index in [1.807, 2.05) is 6.92 Å². The number of hydrogen-bond donors (Lipinski definition) is 1. The molecule has 0 aliphatic rings. The van der Waals surface area contributed by atoms with Crippen LogP contribution in [-0.4, -0.2) is 21.3 Å². The Morgan fingerprint density at radius 1 is 1.50 bits per heavy atom. The molecule has 0 aliphatic carbocycles. The quantitative estimate of drug-likeness (QED) is 0.801. The van der Waals surface area contributed by atoms with Gasteiger partial charge in [0.1, 0.15) is 0 Å². The van der Waals surface area contributed by atoms with Crippen molar-refractivity contribution in [1.29, 1.82) is 0 Å². The van der Waals surface area contributed by atoms with Gasteiger partial charge in [-0.25, -0.2) is 9.78 Å². The van der Waals surface area contributed by atoms with Gasteiger partial charge in [-0.05, 0) is 25.0 Å². The predicted octanol–water partition coefficient (Wildman–Crippen LogP) is 3.23. The van der Waals surface area contributed by atoms with Crippen LogP contribution in [0, 0.1) is 0 Å². The van der Waals surface area contributed by atoms with E-state index in [1.165, 1.54) is 0 Å². The predicted molar refractivity (Wildman–Crippen MR) is 66.2 cm³/mol. The van der Waals surface area contributed by atoms with Crippen LogP contribution >= 0.6 is 11.8 Å². The van der Waals surface area contributed by atoms with E-state index in [0.29, 0.717) is 10.8 Å².